The summed E-state index contributed by atoms with van der Waals surface area (Å²) in [4.78, 5) is 56.9. The molecule has 14 nitrogen and oxygen atoms in total. The van der Waals surface area contributed by atoms with E-state index < -0.39 is 60.0 Å². The number of likely N-dealkylation sites (tertiary alicyclic amines) is 1. The molecule has 0 bridgehead atoms. The third-order valence-electron chi connectivity index (χ3n) is 14.7. The number of carbonyl (C=O) groups is 3. The van der Waals surface area contributed by atoms with Crippen molar-refractivity contribution < 1.29 is 54.9 Å². The highest BCUT2D eigenvalue weighted by atomic mass is 19.4. The van der Waals surface area contributed by atoms with Crippen LogP contribution in [0.2, 0.25) is 0 Å². The minimum absolute atomic E-state index is 0.205. The van der Waals surface area contributed by atoms with Gasteiger partial charge in [-0.3, -0.25) is 19.5 Å². The van der Waals surface area contributed by atoms with Crippen LogP contribution < -0.4 is 15.1 Å². The van der Waals surface area contributed by atoms with Crippen LogP contribution >= 0.6 is 0 Å². The lowest BCUT2D eigenvalue weighted by Gasteiger charge is -2.39. The number of aryl methyl sites for hydroxylation is 4. The molecule has 0 unspecified atom stereocenters. The molecule has 20 heteroatoms. The molecule has 4 fully saturated rings. The molecule has 2 aromatic heterocycles. The van der Waals surface area contributed by atoms with Crippen LogP contribution in [0, 0.1) is 27.7 Å². The largest absolute Gasteiger partial charge is 0.468 e. The van der Waals surface area contributed by atoms with Crippen LogP contribution in [0.3, 0.4) is 0 Å². The van der Waals surface area contributed by atoms with Crippen molar-refractivity contribution in [2.45, 2.75) is 143 Å². The monoisotopic (exact) mass is 1050 g/mol. The van der Waals surface area contributed by atoms with Crippen LogP contribution in [0.1, 0.15) is 121 Å². The van der Waals surface area contributed by atoms with E-state index in [0.29, 0.717) is 34.8 Å². The molecule has 0 radical (unpaired) electrons. The van der Waals surface area contributed by atoms with Crippen molar-refractivity contribution in [1.29, 1.82) is 0 Å². The van der Waals surface area contributed by atoms with E-state index in [-0.39, 0.29) is 31.6 Å². The number of hydrogen-bond donors (Lipinski definition) is 1. The Labute approximate surface area is 435 Å². The molecule has 408 valence electrons. The fourth-order valence-corrected chi connectivity index (χ4v) is 10.9. The molecule has 8 rings (SSSR count). The van der Waals surface area contributed by atoms with Crippen LogP contribution in [-0.4, -0.2) is 120 Å². The molecule has 0 aliphatic carbocycles. The van der Waals surface area contributed by atoms with Crippen LogP contribution in [0.4, 0.5) is 47.6 Å². The summed E-state index contributed by atoms with van der Waals surface area (Å²) in [6.07, 6.45) is -4.31. The third kappa shape index (κ3) is 13.5. The Kier molecular flexibility index (Phi) is 18.0. The number of rotatable bonds is 14. The summed E-state index contributed by atoms with van der Waals surface area (Å²) < 4.78 is 96.6. The maximum absolute atomic E-state index is 13.5. The molecule has 4 aliphatic heterocycles. The van der Waals surface area contributed by atoms with Crippen LogP contribution in [0.5, 0.6) is 0 Å². The second kappa shape index (κ2) is 23.8. The van der Waals surface area contributed by atoms with Crippen LogP contribution in [0.15, 0.2) is 60.9 Å². The second-order valence-electron chi connectivity index (χ2n) is 20.2. The molecule has 1 N–H and O–H groups in total. The summed E-state index contributed by atoms with van der Waals surface area (Å²) in [6.45, 7) is 20.6. The maximum atomic E-state index is 13.5. The number of anilines is 2. The lowest BCUT2D eigenvalue weighted by Crippen LogP contribution is -2.47. The van der Waals surface area contributed by atoms with Crippen molar-refractivity contribution in [3.05, 3.63) is 117 Å². The highest BCUT2D eigenvalue weighted by Crippen LogP contribution is 2.41. The van der Waals surface area contributed by atoms with Crippen LogP contribution in [0.25, 0.3) is 0 Å². The Balaban J connectivity index is 0.000000221. The normalized spacial score (nSPS) is 20.9. The fraction of sp³-hybridized carbons (Fsp3) is 0.545. The minimum atomic E-state index is -4.49. The number of methoxy groups -OCH3 is 1. The van der Waals surface area contributed by atoms with Gasteiger partial charge in [-0.1, -0.05) is 23.3 Å². The zero-order valence-electron chi connectivity index (χ0n) is 44.3. The first-order chi connectivity index (χ1) is 35.5. The van der Waals surface area contributed by atoms with Crippen molar-refractivity contribution >= 4 is 29.8 Å². The lowest BCUT2D eigenvalue weighted by molar-refractivity contribution is -0.142. The smallest absolute Gasteiger partial charge is 0.416 e. The average molecular weight is 1050 g/mol. The fourth-order valence-electron chi connectivity index (χ4n) is 10.9. The number of ether oxygens (including phenoxy) is 3. The molecule has 4 aliphatic rings. The molecule has 4 saturated heterocycles. The van der Waals surface area contributed by atoms with E-state index >= 15 is 0 Å². The molecule has 2 amide bonds. The van der Waals surface area contributed by atoms with Gasteiger partial charge in [-0.2, -0.15) is 26.3 Å². The van der Waals surface area contributed by atoms with Gasteiger partial charge in [0.15, 0.2) is 0 Å². The molecule has 0 saturated carbocycles. The molecule has 0 spiro atoms. The van der Waals surface area contributed by atoms with Crippen LogP contribution in [-0.2, 0) is 44.4 Å². The molecular formula is C55H70F6N8O6. The number of piperidine rings is 2. The van der Waals surface area contributed by atoms with E-state index in [0.717, 1.165) is 117 Å². The highest BCUT2D eigenvalue weighted by Gasteiger charge is 2.44. The zero-order chi connectivity index (χ0) is 54.5. The summed E-state index contributed by atoms with van der Waals surface area (Å²) in [5, 5.41) is 3.39. The Morgan fingerprint density at radius 2 is 1.07 bits per heavy atom. The van der Waals surface area contributed by atoms with E-state index in [9.17, 15) is 40.7 Å². The van der Waals surface area contributed by atoms with Gasteiger partial charge in [0.2, 0.25) is 0 Å². The number of alkyl halides is 6. The average Bonchev–Trinajstić information content (AvgIpc) is 3.81. The van der Waals surface area contributed by atoms with E-state index in [4.69, 9.17) is 24.2 Å². The summed E-state index contributed by atoms with van der Waals surface area (Å²) in [6, 6.07) is 11.3. The van der Waals surface area contributed by atoms with Crippen molar-refractivity contribution in [2.24, 2.45) is 0 Å². The molecule has 2 aromatic carbocycles. The molecule has 4 aromatic rings. The Bertz CT molecular complexity index is 2660. The Hall–Kier alpha value is -6.15. The van der Waals surface area contributed by atoms with Gasteiger partial charge in [0.25, 0.3) is 0 Å². The van der Waals surface area contributed by atoms with Gasteiger partial charge in [-0.15, -0.1) is 0 Å². The standard InChI is InChI=1S/C29H37F3N4O4.C26H33F3N4O2/c1-6-35(24-7-9-34(10-8-24)17-25(37)39-5)27-22(12-19(3)15-33-27)16-36-20(4)26(40-28(36)38)21-11-18(2)13-23(14-21)29(30,31)32;1-5-32(22-6-8-30-9-7-22)24-20(11-17(3)14-31-24)15-33-18(4)23(35-25(33)34)19-10-16(2)12-21(13-19)26(27,28)29/h11-15,20,24,26H,6-10,16-17H2,1-5H3;10-14,18,22-23,30H,5-9,15H2,1-4H3/t20-,26-;18-,23-/m00/s1. The summed E-state index contributed by atoms with van der Waals surface area (Å²) >= 11 is 0. The number of cyclic esters (lactones) is 2. The summed E-state index contributed by atoms with van der Waals surface area (Å²) in [5.74, 6) is 1.37. The number of halogens is 6. The quantitative estimate of drug-likeness (QED) is 0.0732. The van der Waals surface area contributed by atoms with Crippen molar-refractivity contribution in [2.75, 3.05) is 62.7 Å². The highest BCUT2D eigenvalue weighted by molar-refractivity contribution is 5.73. The number of pyridine rings is 2. The third-order valence-corrected chi connectivity index (χ3v) is 14.7. The van der Waals surface area contributed by atoms with Crippen molar-refractivity contribution in [3.8, 4) is 0 Å². The lowest BCUT2D eigenvalue weighted by atomic mass is 9.98. The number of aromatic nitrogens is 2. The predicted octanol–water partition coefficient (Wildman–Crippen LogP) is 10.6. The van der Waals surface area contributed by atoms with E-state index in [1.165, 1.54) is 7.11 Å². The number of esters is 1. The van der Waals surface area contributed by atoms with Gasteiger partial charge in [-0.25, -0.2) is 19.6 Å². The molecule has 75 heavy (non-hydrogen) atoms. The predicted molar refractivity (Wildman–Crippen MR) is 272 cm³/mol. The Morgan fingerprint density at radius 1 is 0.653 bits per heavy atom. The first-order valence-electron chi connectivity index (χ1n) is 25.8. The minimum Gasteiger partial charge on any atom is -0.468 e. The van der Waals surface area contributed by atoms with Gasteiger partial charge in [0.1, 0.15) is 23.8 Å². The van der Waals surface area contributed by atoms with Crippen molar-refractivity contribution in [3.63, 3.8) is 0 Å². The number of carbonyl (C=O) groups excluding carboxylic acids is 3. The molecular weight excluding hydrogens is 983 g/mol. The second-order valence-corrected chi connectivity index (χ2v) is 20.2. The number of hydrogen-bond acceptors (Lipinski definition) is 12. The number of amides is 2. The maximum Gasteiger partial charge on any atom is 0.416 e. The first-order valence-corrected chi connectivity index (χ1v) is 25.8. The van der Waals surface area contributed by atoms with E-state index in [1.807, 2.05) is 39.1 Å². The van der Waals surface area contributed by atoms with Gasteiger partial charge < -0.3 is 29.3 Å². The van der Waals surface area contributed by atoms with Gasteiger partial charge in [0.05, 0.1) is 50.0 Å². The number of nitrogens with zero attached hydrogens (tertiary/aromatic N) is 7. The molecule has 6 heterocycles. The van der Waals surface area contributed by atoms with Gasteiger partial charge in [-0.05, 0) is 153 Å². The van der Waals surface area contributed by atoms with Gasteiger partial charge in [0, 0.05) is 61.8 Å². The summed E-state index contributed by atoms with van der Waals surface area (Å²) in [5.41, 5.74) is 3.79. The topological polar surface area (TPSA) is 133 Å². The first kappa shape index (κ1) is 56.6. The molecule has 4 atom stereocenters. The van der Waals surface area contributed by atoms with Gasteiger partial charge >= 0.3 is 30.5 Å². The zero-order valence-corrected chi connectivity index (χ0v) is 44.3. The Morgan fingerprint density at radius 3 is 1.45 bits per heavy atom. The van der Waals surface area contributed by atoms with E-state index in [2.05, 4.69) is 33.9 Å². The summed E-state index contributed by atoms with van der Waals surface area (Å²) in [7, 11) is 1.39. The van der Waals surface area contributed by atoms with E-state index in [1.54, 1.807) is 48.9 Å². The van der Waals surface area contributed by atoms with Crippen molar-refractivity contribution in [1.82, 2.24) is 30.0 Å². The SMILES string of the molecule is CCN(c1ncc(C)cc1CN1C(=O)O[C@H](c2cc(C)cc(C(F)(F)F)c2)[C@@H]1C)C1CCN(CC(=O)OC)CC1.CCN(c1ncc(C)cc1CN1C(=O)O[C@H](c2cc(C)cc(C(F)(F)F)c2)[C@@H]1C)C1CCNCC1. The number of nitrogens with one attached hydrogen (secondary N) is 1. The number of benzene rings is 2.